The Hall–Kier alpha value is -1.30. The van der Waals surface area contributed by atoms with E-state index < -0.39 is 0 Å². The lowest BCUT2D eigenvalue weighted by atomic mass is 10.0. The number of nitrogens with zero attached hydrogens (tertiary/aromatic N) is 2. The van der Waals surface area contributed by atoms with Crippen LogP contribution in [0.15, 0.2) is 0 Å². The van der Waals surface area contributed by atoms with Crippen molar-refractivity contribution in [2.45, 2.75) is 65.8 Å². The van der Waals surface area contributed by atoms with E-state index in [0.29, 0.717) is 10.9 Å². The van der Waals surface area contributed by atoms with E-state index in [2.05, 4.69) is 38.0 Å². The number of rotatable bonds is 4. The Labute approximate surface area is 148 Å². The fourth-order valence-corrected chi connectivity index (χ4v) is 4.65. The molecule has 1 saturated heterocycles. The summed E-state index contributed by atoms with van der Waals surface area (Å²) in [6, 6.07) is 0.338. The maximum atomic E-state index is 12.5. The summed E-state index contributed by atoms with van der Waals surface area (Å²) in [7, 11) is 0. The van der Waals surface area contributed by atoms with Crippen molar-refractivity contribution in [2.24, 2.45) is 10.8 Å². The molecule has 24 heavy (non-hydrogen) atoms. The van der Waals surface area contributed by atoms with Gasteiger partial charge in [-0.1, -0.05) is 51.9 Å². The van der Waals surface area contributed by atoms with Gasteiger partial charge in [-0.25, -0.2) is 0 Å². The van der Waals surface area contributed by atoms with Crippen molar-refractivity contribution in [3.05, 3.63) is 4.88 Å². The van der Waals surface area contributed by atoms with E-state index in [4.69, 9.17) is 0 Å². The molecule has 2 N–H and O–H groups in total. The molecular formula is C18H29N3O2S. The second-order valence-electron chi connectivity index (χ2n) is 8.26. The Morgan fingerprint density at radius 2 is 1.79 bits per heavy atom. The monoisotopic (exact) mass is 351 g/mol. The number of carbonyl (C=O) groups excluding carboxylic acids is 1. The molecule has 0 atom stereocenters. The van der Waals surface area contributed by atoms with Crippen LogP contribution in [-0.2, 0) is 11.2 Å². The summed E-state index contributed by atoms with van der Waals surface area (Å²) in [4.78, 5) is 19.3. The summed E-state index contributed by atoms with van der Waals surface area (Å²) in [6.07, 6.45) is 4.83. The number of amides is 1. The van der Waals surface area contributed by atoms with Crippen LogP contribution in [0.3, 0.4) is 0 Å². The smallest absolute Gasteiger partial charge is 0.228 e. The molecule has 1 saturated carbocycles. The lowest BCUT2D eigenvalue weighted by molar-refractivity contribution is -0.130. The van der Waals surface area contributed by atoms with Gasteiger partial charge in [0.05, 0.1) is 11.3 Å². The molecule has 5 nitrogen and oxygen atoms in total. The molecule has 134 valence electrons. The first-order valence-corrected chi connectivity index (χ1v) is 9.78. The van der Waals surface area contributed by atoms with Gasteiger partial charge in [0.15, 0.2) is 5.13 Å². The van der Waals surface area contributed by atoms with Gasteiger partial charge in [-0.3, -0.25) is 4.79 Å². The number of aromatic nitrogens is 1. The van der Waals surface area contributed by atoms with E-state index in [1.165, 1.54) is 24.2 Å². The molecule has 0 unspecified atom stereocenters. The summed E-state index contributed by atoms with van der Waals surface area (Å²) in [6.45, 7) is 10.6. The number of hydrogen-bond donors (Lipinski definition) is 2. The average molecular weight is 352 g/mol. The van der Waals surface area contributed by atoms with Gasteiger partial charge in [0.25, 0.3) is 0 Å². The minimum Gasteiger partial charge on any atom is -0.492 e. The topological polar surface area (TPSA) is 65.5 Å². The third kappa shape index (κ3) is 3.13. The second kappa shape index (κ2) is 6.21. The molecule has 2 fully saturated rings. The number of hydrogen-bond acceptors (Lipinski definition) is 5. The lowest BCUT2D eigenvalue weighted by Gasteiger charge is -2.19. The first kappa shape index (κ1) is 17.5. The SMILES string of the molecule is CC1(C)C(Nc2nc(O)c(CC(=O)N3CCCCCC3)s2)C1(C)C. The number of nitrogens with one attached hydrogen (secondary N) is 1. The molecule has 6 heteroatoms. The highest BCUT2D eigenvalue weighted by atomic mass is 32.1. The zero-order valence-electron chi connectivity index (χ0n) is 15.2. The fourth-order valence-electron chi connectivity index (χ4n) is 3.77. The standard InChI is InChI=1S/C18H29N3O2S/c1-17(2)15(18(17,3)4)20-16-19-14(23)12(24-16)11-13(22)21-9-7-5-6-8-10-21/h15,23H,5-11H2,1-4H3,(H,19,20). The summed E-state index contributed by atoms with van der Waals surface area (Å²) in [5.41, 5.74) is 0.409. The fraction of sp³-hybridized carbons (Fsp3) is 0.778. The molecule has 3 rings (SSSR count). The van der Waals surface area contributed by atoms with Crippen LogP contribution in [0.1, 0.15) is 58.3 Å². The molecule has 0 aromatic carbocycles. The summed E-state index contributed by atoms with van der Waals surface area (Å²) in [5.74, 6) is 0.108. The largest absolute Gasteiger partial charge is 0.492 e. The zero-order valence-corrected chi connectivity index (χ0v) is 16.0. The molecule has 0 bridgehead atoms. The predicted molar refractivity (Wildman–Crippen MR) is 97.5 cm³/mol. The van der Waals surface area contributed by atoms with Gasteiger partial charge in [-0.2, -0.15) is 4.98 Å². The number of thiazole rings is 1. The minimum absolute atomic E-state index is 0.00179. The molecule has 1 aliphatic carbocycles. The number of likely N-dealkylation sites (tertiary alicyclic amines) is 1. The summed E-state index contributed by atoms with van der Waals surface area (Å²) in [5, 5.41) is 14.3. The maximum absolute atomic E-state index is 12.5. The quantitative estimate of drug-likeness (QED) is 0.869. The maximum Gasteiger partial charge on any atom is 0.228 e. The molecule has 1 aromatic heterocycles. The van der Waals surface area contributed by atoms with Crippen molar-refractivity contribution in [2.75, 3.05) is 18.4 Å². The number of anilines is 1. The molecule has 1 amide bonds. The van der Waals surface area contributed by atoms with E-state index in [1.54, 1.807) is 0 Å². The third-order valence-electron chi connectivity index (χ3n) is 6.24. The third-order valence-corrected chi connectivity index (χ3v) is 7.21. The van der Waals surface area contributed by atoms with Gasteiger partial charge < -0.3 is 15.3 Å². The Bertz CT molecular complexity index is 602. The van der Waals surface area contributed by atoms with Gasteiger partial charge in [-0.05, 0) is 23.7 Å². The zero-order chi connectivity index (χ0) is 17.5. The van der Waals surface area contributed by atoms with Crippen molar-refractivity contribution in [3.8, 4) is 5.88 Å². The van der Waals surface area contributed by atoms with Crippen molar-refractivity contribution in [1.29, 1.82) is 0 Å². The Balaban J connectivity index is 1.63. The highest BCUT2D eigenvalue weighted by Gasteiger charge is 2.65. The van der Waals surface area contributed by atoms with Gasteiger partial charge in [0.2, 0.25) is 11.8 Å². The first-order valence-electron chi connectivity index (χ1n) is 8.96. The van der Waals surface area contributed by atoms with E-state index >= 15 is 0 Å². The second-order valence-corrected chi connectivity index (χ2v) is 9.34. The van der Waals surface area contributed by atoms with Crippen LogP contribution in [0.4, 0.5) is 5.13 Å². The average Bonchev–Trinajstić information content (AvgIpc) is 2.86. The predicted octanol–water partition coefficient (Wildman–Crippen LogP) is 3.64. The van der Waals surface area contributed by atoms with Crippen LogP contribution >= 0.6 is 11.3 Å². The normalized spacial score (nSPS) is 22.9. The van der Waals surface area contributed by atoms with E-state index in [0.717, 1.165) is 31.1 Å². The van der Waals surface area contributed by atoms with Crippen LogP contribution in [-0.4, -0.2) is 40.0 Å². The van der Waals surface area contributed by atoms with Crippen LogP contribution in [0.5, 0.6) is 5.88 Å². The molecule has 2 heterocycles. The molecular weight excluding hydrogens is 322 g/mol. The van der Waals surface area contributed by atoms with E-state index in [-0.39, 0.29) is 29.0 Å². The van der Waals surface area contributed by atoms with Gasteiger partial charge >= 0.3 is 0 Å². The molecule has 2 aliphatic rings. The molecule has 0 spiro atoms. The number of carbonyl (C=O) groups is 1. The Morgan fingerprint density at radius 1 is 1.21 bits per heavy atom. The first-order chi connectivity index (χ1) is 11.2. The van der Waals surface area contributed by atoms with Gasteiger partial charge in [0, 0.05) is 19.1 Å². The van der Waals surface area contributed by atoms with Crippen LogP contribution < -0.4 is 5.32 Å². The minimum atomic E-state index is 0.00179. The van der Waals surface area contributed by atoms with Gasteiger partial charge in [0.1, 0.15) is 0 Å². The van der Waals surface area contributed by atoms with E-state index in [1.807, 2.05) is 4.90 Å². The van der Waals surface area contributed by atoms with Crippen molar-refractivity contribution in [1.82, 2.24) is 9.88 Å². The summed E-state index contributed by atoms with van der Waals surface area (Å²) < 4.78 is 0. The Morgan fingerprint density at radius 3 is 2.33 bits per heavy atom. The molecule has 1 aliphatic heterocycles. The van der Waals surface area contributed by atoms with Crippen LogP contribution in [0, 0.1) is 10.8 Å². The van der Waals surface area contributed by atoms with Crippen LogP contribution in [0.2, 0.25) is 0 Å². The van der Waals surface area contributed by atoms with Crippen molar-refractivity contribution in [3.63, 3.8) is 0 Å². The van der Waals surface area contributed by atoms with Gasteiger partial charge in [-0.15, -0.1) is 0 Å². The highest BCUT2D eigenvalue weighted by Crippen LogP contribution is 2.63. The molecule has 1 aromatic rings. The van der Waals surface area contributed by atoms with E-state index in [9.17, 15) is 9.90 Å². The molecule has 0 radical (unpaired) electrons. The Kier molecular flexibility index (Phi) is 4.53. The summed E-state index contributed by atoms with van der Waals surface area (Å²) >= 11 is 1.41. The van der Waals surface area contributed by atoms with Crippen molar-refractivity contribution < 1.29 is 9.90 Å². The lowest BCUT2D eigenvalue weighted by Crippen LogP contribution is -2.32. The number of aromatic hydroxyl groups is 1. The van der Waals surface area contributed by atoms with Crippen molar-refractivity contribution >= 4 is 22.4 Å². The van der Waals surface area contributed by atoms with Crippen LogP contribution in [0.25, 0.3) is 0 Å². The highest BCUT2D eigenvalue weighted by molar-refractivity contribution is 7.16.